The van der Waals surface area contributed by atoms with Crippen molar-refractivity contribution in [1.29, 1.82) is 0 Å². The highest BCUT2D eigenvalue weighted by molar-refractivity contribution is 7.71. The van der Waals surface area contributed by atoms with Crippen LogP contribution in [0.1, 0.15) is 56.6 Å². The summed E-state index contributed by atoms with van der Waals surface area (Å²) < 4.78 is 21.8. The van der Waals surface area contributed by atoms with E-state index in [9.17, 15) is 8.42 Å². The van der Waals surface area contributed by atoms with Crippen LogP contribution in [0.4, 0.5) is 0 Å². The molecule has 4 heteroatoms. The molecule has 0 radical (unpaired) electrons. The number of nitrogens with zero attached hydrogens (tertiary/aromatic N) is 1. The Kier molecular flexibility index (Phi) is 6.90. The highest BCUT2D eigenvalue weighted by Gasteiger charge is 2.21. The summed E-state index contributed by atoms with van der Waals surface area (Å²) in [6, 6.07) is 8.15. The summed E-state index contributed by atoms with van der Waals surface area (Å²) in [5.74, 6) is 1.54. The van der Waals surface area contributed by atoms with Crippen LogP contribution in [-0.4, -0.2) is 33.0 Å². The van der Waals surface area contributed by atoms with Gasteiger partial charge in [0.05, 0.1) is 5.75 Å². The van der Waals surface area contributed by atoms with E-state index in [-0.39, 0.29) is 5.75 Å². The standard InChI is InChI=1S/C18H29NO2S/c1-3-5-15(2)13-19-10-8-17(9-11-19)18-7-4-6-16(12-18)14-22(20)21/h4,6-7,12,15,17,22H,3,5,8-11,13-14H2,1-2H3. The largest absolute Gasteiger partial charge is 0.303 e. The topological polar surface area (TPSA) is 37.4 Å². The van der Waals surface area contributed by atoms with Gasteiger partial charge in [-0.05, 0) is 55.3 Å². The van der Waals surface area contributed by atoms with Gasteiger partial charge in [-0.25, -0.2) is 8.42 Å². The normalized spacial score (nSPS) is 18.7. The number of hydrogen-bond donors (Lipinski definition) is 1. The van der Waals surface area contributed by atoms with Crippen molar-refractivity contribution in [3.8, 4) is 0 Å². The lowest BCUT2D eigenvalue weighted by atomic mass is 9.88. The lowest BCUT2D eigenvalue weighted by molar-refractivity contribution is 0.183. The molecular weight excluding hydrogens is 294 g/mol. The van der Waals surface area contributed by atoms with Crippen molar-refractivity contribution >= 4 is 10.7 Å². The molecule has 2 rings (SSSR count). The van der Waals surface area contributed by atoms with Gasteiger partial charge in [-0.2, -0.15) is 0 Å². The predicted octanol–water partition coefficient (Wildman–Crippen LogP) is 3.41. The molecule has 0 aromatic heterocycles. The van der Waals surface area contributed by atoms with Crippen LogP contribution in [0.3, 0.4) is 0 Å². The Morgan fingerprint density at radius 3 is 2.64 bits per heavy atom. The van der Waals surface area contributed by atoms with Crippen molar-refractivity contribution in [3.05, 3.63) is 35.4 Å². The van der Waals surface area contributed by atoms with Crippen LogP contribution in [0.5, 0.6) is 0 Å². The van der Waals surface area contributed by atoms with Gasteiger partial charge in [-0.3, -0.25) is 0 Å². The van der Waals surface area contributed by atoms with E-state index in [1.165, 1.54) is 50.9 Å². The molecule has 124 valence electrons. The summed E-state index contributed by atoms with van der Waals surface area (Å²) in [4.78, 5) is 2.59. The molecule has 0 bridgehead atoms. The maximum absolute atomic E-state index is 10.9. The van der Waals surface area contributed by atoms with Crippen LogP contribution in [-0.2, 0) is 16.5 Å². The molecule has 0 amide bonds. The van der Waals surface area contributed by atoms with Crippen molar-refractivity contribution in [2.24, 2.45) is 5.92 Å². The lowest BCUT2D eigenvalue weighted by Crippen LogP contribution is -2.36. The average Bonchev–Trinajstić information content (AvgIpc) is 2.48. The second kappa shape index (κ2) is 8.68. The molecule has 0 spiro atoms. The summed E-state index contributed by atoms with van der Waals surface area (Å²) in [5, 5.41) is 0. The van der Waals surface area contributed by atoms with E-state index in [2.05, 4.69) is 30.9 Å². The van der Waals surface area contributed by atoms with Crippen LogP contribution in [0.15, 0.2) is 24.3 Å². The second-order valence-corrected chi connectivity index (χ2v) is 7.69. The minimum Gasteiger partial charge on any atom is -0.303 e. The second-order valence-electron chi connectivity index (χ2n) is 6.70. The average molecular weight is 324 g/mol. The Balaban J connectivity index is 1.88. The first-order valence-electron chi connectivity index (χ1n) is 8.51. The van der Waals surface area contributed by atoms with Gasteiger partial charge in [0, 0.05) is 6.54 Å². The molecule has 1 saturated heterocycles. The van der Waals surface area contributed by atoms with E-state index >= 15 is 0 Å². The van der Waals surface area contributed by atoms with Crippen LogP contribution in [0.25, 0.3) is 0 Å². The van der Waals surface area contributed by atoms with E-state index in [4.69, 9.17) is 0 Å². The summed E-state index contributed by atoms with van der Waals surface area (Å²) in [5.41, 5.74) is 2.24. The zero-order chi connectivity index (χ0) is 15.9. The van der Waals surface area contributed by atoms with Gasteiger partial charge < -0.3 is 4.90 Å². The Morgan fingerprint density at radius 1 is 1.27 bits per heavy atom. The smallest absolute Gasteiger partial charge is 0.144 e. The highest BCUT2D eigenvalue weighted by Crippen LogP contribution is 2.29. The number of thiol groups is 1. The molecule has 0 aliphatic carbocycles. The first kappa shape index (κ1) is 17.5. The monoisotopic (exact) mass is 323 g/mol. The van der Waals surface area contributed by atoms with E-state index in [1.807, 2.05) is 12.1 Å². The molecule has 1 aromatic carbocycles. The summed E-state index contributed by atoms with van der Waals surface area (Å²) in [6.07, 6.45) is 4.96. The van der Waals surface area contributed by atoms with E-state index in [1.54, 1.807) is 0 Å². The fourth-order valence-electron chi connectivity index (χ4n) is 3.57. The van der Waals surface area contributed by atoms with E-state index < -0.39 is 10.7 Å². The molecule has 1 aromatic rings. The molecule has 0 N–H and O–H groups in total. The first-order chi connectivity index (χ1) is 10.6. The minimum atomic E-state index is -2.34. The Bertz CT molecular complexity index is 526. The molecule has 1 aliphatic rings. The van der Waals surface area contributed by atoms with Gasteiger partial charge in [-0.15, -0.1) is 0 Å². The molecule has 1 fully saturated rings. The first-order valence-corrected chi connectivity index (χ1v) is 9.87. The van der Waals surface area contributed by atoms with Crippen molar-refractivity contribution in [2.75, 3.05) is 19.6 Å². The molecule has 1 heterocycles. The molecule has 1 atom stereocenters. The zero-order valence-corrected chi connectivity index (χ0v) is 14.7. The van der Waals surface area contributed by atoms with Crippen molar-refractivity contribution in [3.63, 3.8) is 0 Å². The van der Waals surface area contributed by atoms with Crippen molar-refractivity contribution in [1.82, 2.24) is 4.90 Å². The molecule has 1 unspecified atom stereocenters. The lowest BCUT2D eigenvalue weighted by Gasteiger charge is -2.33. The summed E-state index contributed by atoms with van der Waals surface area (Å²) in [6.45, 7) is 8.16. The van der Waals surface area contributed by atoms with E-state index in [0.717, 1.165) is 11.5 Å². The SMILES string of the molecule is CCCC(C)CN1CCC(c2cccc(C[SH](=O)=O)c2)CC1. The van der Waals surface area contributed by atoms with Gasteiger partial charge in [0.1, 0.15) is 10.7 Å². The van der Waals surface area contributed by atoms with Crippen LogP contribution in [0.2, 0.25) is 0 Å². The van der Waals surface area contributed by atoms with Crippen molar-refractivity contribution < 1.29 is 8.42 Å². The Hall–Kier alpha value is -0.870. The van der Waals surface area contributed by atoms with Gasteiger partial charge in [0.15, 0.2) is 0 Å². The van der Waals surface area contributed by atoms with Gasteiger partial charge in [0.25, 0.3) is 0 Å². The summed E-state index contributed by atoms with van der Waals surface area (Å²) >= 11 is 0. The molecule has 3 nitrogen and oxygen atoms in total. The van der Waals surface area contributed by atoms with Gasteiger partial charge >= 0.3 is 0 Å². The third-order valence-corrected chi connectivity index (χ3v) is 5.30. The van der Waals surface area contributed by atoms with Crippen LogP contribution in [0, 0.1) is 5.92 Å². The van der Waals surface area contributed by atoms with Crippen molar-refractivity contribution in [2.45, 2.75) is 51.2 Å². The van der Waals surface area contributed by atoms with E-state index in [0.29, 0.717) is 5.92 Å². The summed E-state index contributed by atoms with van der Waals surface area (Å²) in [7, 11) is -2.34. The molecule has 0 saturated carbocycles. The Labute approximate surface area is 136 Å². The maximum atomic E-state index is 10.9. The molecular formula is C18H29NO2S. The molecule has 1 aliphatic heterocycles. The quantitative estimate of drug-likeness (QED) is 0.781. The fraction of sp³-hybridized carbons (Fsp3) is 0.667. The zero-order valence-electron chi connectivity index (χ0n) is 13.8. The molecule has 22 heavy (non-hydrogen) atoms. The number of piperidine rings is 1. The van der Waals surface area contributed by atoms with Crippen LogP contribution >= 0.6 is 0 Å². The van der Waals surface area contributed by atoms with Crippen LogP contribution < -0.4 is 0 Å². The number of hydrogen-bond acceptors (Lipinski definition) is 3. The third-order valence-electron chi connectivity index (χ3n) is 4.67. The number of benzene rings is 1. The predicted molar refractivity (Wildman–Crippen MR) is 92.9 cm³/mol. The van der Waals surface area contributed by atoms with Gasteiger partial charge in [0.2, 0.25) is 0 Å². The number of rotatable bonds is 7. The number of likely N-dealkylation sites (tertiary alicyclic amines) is 1. The fourth-order valence-corrected chi connectivity index (χ4v) is 4.06. The maximum Gasteiger partial charge on any atom is 0.144 e. The minimum absolute atomic E-state index is 0.163. The van der Waals surface area contributed by atoms with Gasteiger partial charge in [-0.1, -0.05) is 44.5 Å². The Morgan fingerprint density at radius 2 is 2.00 bits per heavy atom. The third kappa shape index (κ3) is 5.40. The highest BCUT2D eigenvalue weighted by atomic mass is 32.2.